The zero-order chi connectivity index (χ0) is 17.0. The molecule has 0 radical (unpaired) electrons. The molecule has 23 heavy (non-hydrogen) atoms. The van der Waals surface area contributed by atoms with Gasteiger partial charge in [0.25, 0.3) is 5.91 Å². The number of carbonyl (C=O) groups excluding carboxylic acids is 1. The molecule has 3 N–H and O–H groups in total. The van der Waals surface area contributed by atoms with Crippen LogP contribution in [0.25, 0.3) is 0 Å². The standard InChI is InChI=1S/C16H24N2O5/c1-3-6-16(15(21)22)7-8-18(10-13(16)19)9-11-4-5-12(23-11)14(20)17-2/h4-5,13,19H,3,6-10H2,1-2H3,(H,17,20)(H,21,22)/t13-,16-/m0/s1. The van der Waals surface area contributed by atoms with Crippen molar-refractivity contribution in [1.82, 2.24) is 10.2 Å². The Bertz CT molecular complexity index is 571. The van der Waals surface area contributed by atoms with Gasteiger partial charge in [0.05, 0.1) is 18.1 Å². The number of nitrogens with one attached hydrogen (secondary N) is 1. The Hall–Kier alpha value is -1.86. The van der Waals surface area contributed by atoms with E-state index in [1.54, 1.807) is 12.1 Å². The van der Waals surface area contributed by atoms with Gasteiger partial charge >= 0.3 is 5.97 Å². The van der Waals surface area contributed by atoms with Gasteiger partial charge in [-0.3, -0.25) is 14.5 Å². The average Bonchev–Trinajstić information content (AvgIpc) is 2.97. The summed E-state index contributed by atoms with van der Waals surface area (Å²) < 4.78 is 5.47. The number of carboxylic acids is 1. The molecule has 1 aromatic heterocycles. The van der Waals surface area contributed by atoms with E-state index in [0.29, 0.717) is 31.7 Å². The van der Waals surface area contributed by atoms with E-state index in [4.69, 9.17) is 4.42 Å². The van der Waals surface area contributed by atoms with Gasteiger partial charge in [0.15, 0.2) is 5.76 Å². The monoisotopic (exact) mass is 324 g/mol. The Morgan fingerprint density at radius 1 is 1.48 bits per heavy atom. The second-order valence-corrected chi connectivity index (χ2v) is 6.06. The molecule has 2 rings (SSSR count). The highest BCUT2D eigenvalue weighted by Crippen LogP contribution is 2.37. The number of amides is 1. The number of rotatable bonds is 6. The molecule has 0 bridgehead atoms. The van der Waals surface area contributed by atoms with Crippen LogP contribution in [-0.2, 0) is 11.3 Å². The molecule has 1 aliphatic heterocycles. The number of β-amino-alcohol motifs (C(OH)–C–C–N with tert-alkyl or cyclic N) is 1. The highest BCUT2D eigenvalue weighted by atomic mass is 16.4. The van der Waals surface area contributed by atoms with Gasteiger partial charge in [0, 0.05) is 13.6 Å². The van der Waals surface area contributed by atoms with Crippen molar-refractivity contribution >= 4 is 11.9 Å². The Labute approximate surface area is 135 Å². The van der Waals surface area contributed by atoms with Gasteiger partial charge in [0.1, 0.15) is 5.76 Å². The van der Waals surface area contributed by atoms with E-state index in [9.17, 15) is 19.8 Å². The zero-order valence-electron chi connectivity index (χ0n) is 13.5. The van der Waals surface area contributed by atoms with Crippen LogP contribution >= 0.6 is 0 Å². The average molecular weight is 324 g/mol. The van der Waals surface area contributed by atoms with Crippen molar-refractivity contribution in [2.24, 2.45) is 5.41 Å². The van der Waals surface area contributed by atoms with Crippen LogP contribution < -0.4 is 5.32 Å². The number of aliphatic hydroxyl groups is 1. The largest absolute Gasteiger partial charge is 0.481 e. The molecule has 128 valence electrons. The number of nitrogens with zero attached hydrogens (tertiary/aromatic N) is 1. The highest BCUT2D eigenvalue weighted by molar-refractivity contribution is 5.91. The first-order valence-electron chi connectivity index (χ1n) is 7.87. The van der Waals surface area contributed by atoms with Crippen LogP contribution in [0.15, 0.2) is 16.5 Å². The van der Waals surface area contributed by atoms with Crippen LogP contribution in [0.1, 0.15) is 42.5 Å². The lowest BCUT2D eigenvalue weighted by Gasteiger charge is -2.42. The lowest BCUT2D eigenvalue weighted by molar-refractivity contribution is -0.164. The van der Waals surface area contributed by atoms with Crippen molar-refractivity contribution in [2.45, 2.75) is 38.8 Å². The quantitative estimate of drug-likeness (QED) is 0.723. The molecular weight excluding hydrogens is 300 g/mol. The molecular formula is C16H24N2O5. The Balaban J connectivity index is 2.01. The minimum Gasteiger partial charge on any atom is -0.481 e. The van der Waals surface area contributed by atoms with Crippen molar-refractivity contribution in [3.05, 3.63) is 23.7 Å². The number of carboxylic acid groups (broad SMARTS) is 1. The van der Waals surface area contributed by atoms with E-state index >= 15 is 0 Å². The summed E-state index contributed by atoms with van der Waals surface area (Å²) in [5.74, 6) is -0.353. The first kappa shape index (κ1) is 17.5. The van der Waals surface area contributed by atoms with E-state index in [-0.39, 0.29) is 18.2 Å². The maximum absolute atomic E-state index is 11.6. The van der Waals surface area contributed by atoms with E-state index in [1.165, 1.54) is 7.05 Å². The zero-order valence-corrected chi connectivity index (χ0v) is 13.5. The summed E-state index contributed by atoms with van der Waals surface area (Å²) in [6.45, 7) is 3.21. The van der Waals surface area contributed by atoms with Crippen LogP contribution in [0.5, 0.6) is 0 Å². The third-order valence-electron chi connectivity index (χ3n) is 4.56. The molecule has 0 saturated carbocycles. The second-order valence-electron chi connectivity index (χ2n) is 6.06. The Morgan fingerprint density at radius 3 is 2.78 bits per heavy atom. The van der Waals surface area contributed by atoms with Crippen LogP contribution in [0.3, 0.4) is 0 Å². The summed E-state index contributed by atoms with van der Waals surface area (Å²) >= 11 is 0. The topological polar surface area (TPSA) is 103 Å². The minimum atomic E-state index is -1.05. The Morgan fingerprint density at radius 2 is 2.22 bits per heavy atom. The number of piperidine rings is 1. The summed E-state index contributed by atoms with van der Waals surface area (Å²) in [6.07, 6.45) is 0.679. The van der Waals surface area contributed by atoms with Crippen molar-refractivity contribution in [3.8, 4) is 0 Å². The number of aliphatic hydroxyl groups excluding tert-OH is 1. The van der Waals surface area contributed by atoms with Gasteiger partial charge in [-0.05, 0) is 31.5 Å². The molecule has 0 aliphatic carbocycles. The molecule has 1 aromatic rings. The second kappa shape index (κ2) is 7.14. The molecule has 7 heteroatoms. The molecule has 7 nitrogen and oxygen atoms in total. The van der Waals surface area contributed by atoms with Gasteiger partial charge in [0.2, 0.25) is 0 Å². The smallest absolute Gasteiger partial charge is 0.312 e. The third kappa shape index (κ3) is 3.56. The van der Waals surface area contributed by atoms with E-state index in [2.05, 4.69) is 5.32 Å². The van der Waals surface area contributed by atoms with Crippen LogP contribution in [-0.4, -0.2) is 53.2 Å². The molecule has 1 amide bonds. The minimum absolute atomic E-state index is 0.242. The maximum Gasteiger partial charge on any atom is 0.312 e. The first-order valence-corrected chi connectivity index (χ1v) is 7.87. The van der Waals surface area contributed by atoms with E-state index in [1.807, 2.05) is 11.8 Å². The first-order chi connectivity index (χ1) is 10.9. The SMILES string of the molecule is CCC[C@]1(C(=O)O)CCN(Cc2ccc(C(=O)NC)o2)C[C@@H]1O. The molecule has 2 heterocycles. The molecule has 1 saturated heterocycles. The summed E-state index contributed by atoms with van der Waals surface area (Å²) in [7, 11) is 1.53. The number of hydrogen-bond acceptors (Lipinski definition) is 5. The number of furan rings is 1. The summed E-state index contributed by atoms with van der Waals surface area (Å²) in [5, 5.41) is 22.4. The van der Waals surface area contributed by atoms with Crippen LogP contribution in [0, 0.1) is 5.41 Å². The van der Waals surface area contributed by atoms with Gasteiger partial charge in [-0.25, -0.2) is 0 Å². The summed E-state index contributed by atoms with van der Waals surface area (Å²) in [4.78, 5) is 25.0. The maximum atomic E-state index is 11.6. The lowest BCUT2D eigenvalue weighted by Crippen LogP contribution is -2.54. The third-order valence-corrected chi connectivity index (χ3v) is 4.56. The molecule has 2 atom stereocenters. The predicted octanol–water partition coefficient (Wildman–Crippen LogP) is 1.08. The molecule has 1 aliphatic rings. The van der Waals surface area contributed by atoms with Crippen molar-refractivity contribution in [3.63, 3.8) is 0 Å². The van der Waals surface area contributed by atoms with Crippen molar-refractivity contribution in [2.75, 3.05) is 20.1 Å². The van der Waals surface area contributed by atoms with Crippen molar-refractivity contribution in [1.29, 1.82) is 0 Å². The normalized spacial score (nSPS) is 25.3. The Kier molecular flexibility index (Phi) is 5.43. The number of likely N-dealkylation sites (tertiary alicyclic amines) is 1. The molecule has 0 aromatic carbocycles. The molecule has 0 unspecified atom stereocenters. The van der Waals surface area contributed by atoms with Gasteiger partial charge < -0.3 is 19.9 Å². The molecule has 1 fully saturated rings. The van der Waals surface area contributed by atoms with E-state index < -0.39 is 17.5 Å². The fourth-order valence-corrected chi connectivity index (χ4v) is 3.20. The fourth-order valence-electron chi connectivity index (χ4n) is 3.20. The highest BCUT2D eigenvalue weighted by Gasteiger charge is 2.47. The van der Waals surface area contributed by atoms with E-state index in [0.717, 1.165) is 6.42 Å². The summed E-state index contributed by atoms with van der Waals surface area (Å²) in [6, 6.07) is 3.33. The van der Waals surface area contributed by atoms with Gasteiger partial charge in [-0.1, -0.05) is 13.3 Å². The van der Waals surface area contributed by atoms with Crippen LogP contribution in [0.2, 0.25) is 0 Å². The summed E-state index contributed by atoms with van der Waals surface area (Å²) in [5.41, 5.74) is -1.05. The number of aliphatic carboxylic acids is 1. The number of hydrogen-bond donors (Lipinski definition) is 3. The fraction of sp³-hybridized carbons (Fsp3) is 0.625. The number of carbonyl (C=O) groups is 2. The van der Waals surface area contributed by atoms with Crippen molar-refractivity contribution < 1.29 is 24.2 Å². The predicted molar refractivity (Wildman–Crippen MR) is 83.0 cm³/mol. The lowest BCUT2D eigenvalue weighted by atomic mass is 9.73. The van der Waals surface area contributed by atoms with Gasteiger partial charge in [-0.15, -0.1) is 0 Å². The van der Waals surface area contributed by atoms with Gasteiger partial charge in [-0.2, -0.15) is 0 Å². The van der Waals surface area contributed by atoms with Crippen LogP contribution in [0.4, 0.5) is 0 Å². The molecule has 0 spiro atoms.